The van der Waals surface area contributed by atoms with Gasteiger partial charge in [-0.25, -0.2) is 4.98 Å². The fourth-order valence-corrected chi connectivity index (χ4v) is 3.61. The number of anilines is 1. The number of rotatable bonds is 5. The summed E-state index contributed by atoms with van der Waals surface area (Å²) in [6.45, 7) is 2.92. The fourth-order valence-electron chi connectivity index (χ4n) is 1.17. The van der Waals surface area contributed by atoms with E-state index in [4.69, 9.17) is 0 Å². The van der Waals surface area contributed by atoms with Crippen molar-refractivity contribution in [3.8, 4) is 0 Å². The molecule has 0 spiro atoms. The molecule has 2 heterocycles. The normalized spacial score (nSPS) is 10.5. The fraction of sp³-hybridized carbons (Fsp3) is 0.300. The second-order valence-corrected chi connectivity index (χ2v) is 6.40. The van der Waals surface area contributed by atoms with E-state index in [1.807, 2.05) is 18.4 Å². The van der Waals surface area contributed by atoms with Gasteiger partial charge in [-0.2, -0.15) is 0 Å². The Kier molecular flexibility index (Phi) is 4.64. The van der Waals surface area contributed by atoms with Crippen LogP contribution in [0.4, 0.5) is 5.82 Å². The van der Waals surface area contributed by atoms with Crippen molar-refractivity contribution in [2.75, 3.05) is 18.1 Å². The van der Waals surface area contributed by atoms with E-state index < -0.39 is 0 Å². The smallest absolute Gasteiger partial charge is 0.179 e. The number of thioether (sulfide) groups is 1. The molecule has 7 heteroatoms. The molecule has 0 radical (unpaired) electrons. The zero-order chi connectivity index (χ0) is 12.1. The van der Waals surface area contributed by atoms with Gasteiger partial charge in [0.05, 0.1) is 0 Å². The Balaban J connectivity index is 2.09. The largest absolute Gasteiger partial charge is 0.370 e. The molecule has 1 N–H and O–H groups in total. The van der Waals surface area contributed by atoms with Crippen molar-refractivity contribution in [1.29, 1.82) is 0 Å². The monoisotopic (exact) mass is 284 g/mol. The van der Waals surface area contributed by atoms with Crippen LogP contribution in [0, 0.1) is 0 Å². The molecule has 0 amide bonds. The summed E-state index contributed by atoms with van der Waals surface area (Å²) in [5.74, 6) is 0.895. The Hall–Kier alpha value is -0.790. The number of nitrogens with zero attached hydrogens (tertiary/aromatic N) is 3. The summed E-state index contributed by atoms with van der Waals surface area (Å²) in [5, 5.41) is 11.4. The maximum atomic E-state index is 4.23. The van der Waals surface area contributed by atoms with E-state index >= 15 is 0 Å². The van der Waals surface area contributed by atoms with Crippen LogP contribution in [0.15, 0.2) is 31.9 Å². The zero-order valence-electron chi connectivity index (χ0n) is 9.51. The van der Waals surface area contributed by atoms with Crippen LogP contribution in [0.2, 0.25) is 0 Å². The van der Waals surface area contributed by atoms with Gasteiger partial charge >= 0.3 is 0 Å². The molecular formula is C10H12N4S3. The lowest BCUT2D eigenvalue weighted by molar-refractivity contribution is 0.955. The highest BCUT2D eigenvalue weighted by atomic mass is 32.2. The van der Waals surface area contributed by atoms with E-state index in [2.05, 4.69) is 27.4 Å². The Morgan fingerprint density at radius 2 is 2.18 bits per heavy atom. The van der Waals surface area contributed by atoms with Crippen molar-refractivity contribution in [3.05, 3.63) is 18.3 Å². The summed E-state index contributed by atoms with van der Waals surface area (Å²) in [7, 11) is 0. The van der Waals surface area contributed by atoms with Crippen LogP contribution < -0.4 is 5.32 Å². The first-order chi connectivity index (χ1) is 8.31. The molecule has 0 aromatic carbocycles. The van der Waals surface area contributed by atoms with Gasteiger partial charge in [-0.05, 0) is 25.3 Å². The molecule has 0 aliphatic heterocycles. The van der Waals surface area contributed by atoms with Crippen LogP contribution in [0.25, 0.3) is 0 Å². The average Bonchev–Trinajstić information content (AvgIpc) is 2.78. The number of pyridine rings is 1. The quantitative estimate of drug-likeness (QED) is 0.851. The highest BCUT2D eigenvalue weighted by Crippen LogP contribution is 2.33. The molecule has 0 bridgehead atoms. The van der Waals surface area contributed by atoms with Gasteiger partial charge in [0.25, 0.3) is 0 Å². The maximum Gasteiger partial charge on any atom is 0.179 e. The second kappa shape index (κ2) is 6.23. The minimum absolute atomic E-state index is 0.872. The number of hydrogen-bond acceptors (Lipinski definition) is 7. The minimum Gasteiger partial charge on any atom is -0.370 e. The summed E-state index contributed by atoms with van der Waals surface area (Å²) in [5.41, 5.74) is 0. The van der Waals surface area contributed by atoms with E-state index in [-0.39, 0.29) is 0 Å². The van der Waals surface area contributed by atoms with Crippen molar-refractivity contribution in [2.45, 2.75) is 20.5 Å². The topological polar surface area (TPSA) is 50.7 Å². The lowest BCUT2D eigenvalue weighted by Crippen LogP contribution is -1.98. The van der Waals surface area contributed by atoms with Gasteiger partial charge < -0.3 is 5.32 Å². The van der Waals surface area contributed by atoms with E-state index in [1.165, 1.54) is 0 Å². The molecular weight excluding hydrogens is 272 g/mol. The third-order valence-corrected chi connectivity index (χ3v) is 4.80. The Morgan fingerprint density at radius 3 is 2.88 bits per heavy atom. The molecule has 2 aromatic heterocycles. The van der Waals surface area contributed by atoms with Crippen molar-refractivity contribution >= 4 is 40.7 Å². The maximum absolute atomic E-state index is 4.23. The third kappa shape index (κ3) is 3.58. The van der Waals surface area contributed by atoms with Crippen LogP contribution in [-0.4, -0.2) is 28.0 Å². The van der Waals surface area contributed by atoms with Gasteiger partial charge in [0, 0.05) is 17.6 Å². The SMILES string of the molecule is CCNc1cc(Sc2nnc(SC)s2)ccn1. The molecule has 0 fully saturated rings. The van der Waals surface area contributed by atoms with Crippen molar-refractivity contribution in [2.24, 2.45) is 0 Å². The van der Waals surface area contributed by atoms with Crippen molar-refractivity contribution < 1.29 is 0 Å². The number of hydrogen-bond donors (Lipinski definition) is 1. The van der Waals surface area contributed by atoms with Gasteiger partial charge in [0.1, 0.15) is 5.82 Å². The van der Waals surface area contributed by atoms with Crippen LogP contribution >= 0.6 is 34.9 Å². The van der Waals surface area contributed by atoms with Gasteiger partial charge in [0.2, 0.25) is 0 Å². The first-order valence-corrected chi connectivity index (χ1v) is 7.93. The molecule has 90 valence electrons. The van der Waals surface area contributed by atoms with Gasteiger partial charge in [-0.3, -0.25) is 0 Å². The predicted octanol–water partition coefficient (Wildman–Crippen LogP) is 3.24. The molecule has 17 heavy (non-hydrogen) atoms. The van der Waals surface area contributed by atoms with Gasteiger partial charge in [-0.1, -0.05) is 34.9 Å². The lowest BCUT2D eigenvalue weighted by Gasteiger charge is -2.03. The average molecular weight is 284 g/mol. The van der Waals surface area contributed by atoms with Crippen LogP contribution in [0.5, 0.6) is 0 Å². The standard InChI is InChI=1S/C10H12N4S3/c1-3-11-8-6-7(4-5-12-8)16-10-14-13-9(15-2)17-10/h4-6H,3H2,1-2H3,(H,11,12). The number of aromatic nitrogens is 3. The highest BCUT2D eigenvalue weighted by molar-refractivity contribution is 8.03. The second-order valence-electron chi connectivity index (χ2n) is 3.05. The van der Waals surface area contributed by atoms with Crippen LogP contribution in [0.3, 0.4) is 0 Å². The Morgan fingerprint density at radius 1 is 1.35 bits per heavy atom. The molecule has 0 saturated heterocycles. The van der Waals surface area contributed by atoms with Crippen molar-refractivity contribution in [1.82, 2.24) is 15.2 Å². The minimum atomic E-state index is 0.872. The molecule has 2 rings (SSSR count). The molecule has 2 aromatic rings. The molecule has 0 atom stereocenters. The lowest BCUT2D eigenvalue weighted by atomic mass is 10.4. The first-order valence-electron chi connectivity index (χ1n) is 5.07. The first kappa shape index (κ1) is 12.7. The van der Waals surface area contributed by atoms with Gasteiger partial charge in [-0.15, -0.1) is 10.2 Å². The van der Waals surface area contributed by atoms with Crippen molar-refractivity contribution in [3.63, 3.8) is 0 Å². The molecule has 0 saturated carbocycles. The van der Waals surface area contributed by atoms with Gasteiger partial charge in [0.15, 0.2) is 8.68 Å². The summed E-state index contributed by atoms with van der Waals surface area (Å²) >= 11 is 4.84. The van der Waals surface area contributed by atoms with E-state index in [0.29, 0.717) is 0 Å². The van der Waals surface area contributed by atoms with E-state index in [9.17, 15) is 0 Å². The summed E-state index contributed by atoms with van der Waals surface area (Å²) < 4.78 is 1.96. The third-order valence-electron chi connectivity index (χ3n) is 1.86. The summed E-state index contributed by atoms with van der Waals surface area (Å²) in [6.07, 6.45) is 3.81. The summed E-state index contributed by atoms with van der Waals surface area (Å²) in [6, 6.07) is 4.00. The molecule has 4 nitrogen and oxygen atoms in total. The predicted molar refractivity (Wildman–Crippen MR) is 74.2 cm³/mol. The Bertz CT molecular complexity index is 486. The molecule has 0 unspecified atom stereocenters. The zero-order valence-corrected chi connectivity index (χ0v) is 12.0. The molecule has 0 aliphatic carbocycles. The number of nitrogens with one attached hydrogen (secondary N) is 1. The highest BCUT2D eigenvalue weighted by Gasteiger charge is 2.05. The van der Waals surface area contributed by atoms with Crippen LogP contribution in [0.1, 0.15) is 6.92 Å². The summed E-state index contributed by atoms with van der Waals surface area (Å²) in [4.78, 5) is 5.36. The Labute approximate surface area is 113 Å². The van der Waals surface area contributed by atoms with Crippen LogP contribution in [-0.2, 0) is 0 Å². The van der Waals surface area contributed by atoms with E-state index in [1.54, 1.807) is 41.1 Å². The molecule has 0 aliphatic rings. The van der Waals surface area contributed by atoms with E-state index in [0.717, 1.165) is 25.9 Å².